The van der Waals surface area contributed by atoms with E-state index in [4.69, 9.17) is 4.74 Å². The Bertz CT molecular complexity index is 540. The first-order chi connectivity index (χ1) is 9.74. The van der Waals surface area contributed by atoms with E-state index in [1.165, 1.54) is 4.80 Å². The van der Waals surface area contributed by atoms with Gasteiger partial charge >= 0.3 is 0 Å². The van der Waals surface area contributed by atoms with E-state index in [2.05, 4.69) is 33.7 Å². The lowest BCUT2D eigenvalue weighted by atomic mass is 10.0. The minimum Gasteiger partial charge on any atom is -0.494 e. The van der Waals surface area contributed by atoms with E-state index in [1.54, 1.807) is 7.05 Å². The number of para-hydroxylation sites is 1. The number of rotatable bonds is 7. The Labute approximate surface area is 119 Å². The molecule has 1 atom stereocenters. The zero-order chi connectivity index (χ0) is 14.4. The average Bonchev–Trinajstić information content (AvgIpc) is 2.85. The zero-order valence-corrected chi connectivity index (χ0v) is 12.2. The molecule has 0 saturated carbocycles. The molecule has 0 aliphatic carbocycles. The van der Waals surface area contributed by atoms with Crippen LogP contribution in [0.3, 0.4) is 0 Å². The lowest BCUT2D eigenvalue weighted by Crippen LogP contribution is -2.24. The predicted molar refractivity (Wildman–Crippen MR) is 76.5 cm³/mol. The van der Waals surface area contributed by atoms with E-state index in [-0.39, 0.29) is 6.04 Å². The highest BCUT2D eigenvalue weighted by atomic mass is 16.5. The monoisotopic (exact) mass is 275 g/mol. The molecule has 0 saturated heterocycles. The largest absolute Gasteiger partial charge is 0.494 e. The molecule has 0 fully saturated rings. The Hall–Kier alpha value is -1.95. The van der Waals surface area contributed by atoms with Crippen LogP contribution in [0.4, 0.5) is 0 Å². The molecule has 1 N–H and O–H groups in total. The molecular weight excluding hydrogens is 254 g/mol. The number of hydrogen-bond acceptors (Lipinski definition) is 5. The van der Waals surface area contributed by atoms with E-state index in [1.807, 2.05) is 25.1 Å². The molecule has 1 heterocycles. The molecule has 2 rings (SSSR count). The van der Waals surface area contributed by atoms with Gasteiger partial charge in [0.2, 0.25) is 0 Å². The second-order valence-corrected chi connectivity index (χ2v) is 4.48. The molecule has 0 spiro atoms. The van der Waals surface area contributed by atoms with E-state index < -0.39 is 0 Å². The van der Waals surface area contributed by atoms with Gasteiger partial charge in [-0.25, -0.2) is 0 Å². The minimum atomic E-state index is 0.118. The van der Waals surface area contributed by atoms with Crippen LogP contribution >= 0.6 is 0 Å². The Balaban J connectivity index is 2.23. The topological polar surface area (TPSA) is 64.9 Å². The lowest BCUT2D eigenvalue weighted by molar-refractivity contribution is 0.331. The summed E-state index contributed by atoms with van der Waals surface area (Å²) in [7, 11) is 1.77. The average molecular weight is 275 g/mol. The number of ether oxygens (including phenoxy) is 1. The standard InChI is InChI=1S/C14H21N5O/c1-4-15-12(10-14-16-18-19(3)17-14)11-8-6-7-9-13(11)20-5-2/h6-9,12,15H,4-5,10H2,1-3H3. The maximum absolute atomic E-state index is 5.71. The van der Waals surface area contributed by atoms with Crippen LogP contribution in [-0.2, 0) is 13.5 Å². The first-order valence-corrected chi connectivity index (χ1v) is 6.92. The van der Waals surface area contributed by atoms with Crippen molar-refractivity contribution >= 4 is 0 Å². The SMILES string of the molecule is CCNC(Cc1nnn(C)n1)c1ccccc1OCC. The number of aromatic nitrogens is 4. The quantitative estimate of drug-likeness (QED) is 0.829. The molecule has 0 bridgehead atoms. The number of benzene rings is 1. The fourth-order valence-electron chi connectivity index (χ4n) is 2.18. The smallest absolute Gasteiger partial charge is 0.176 e. The third-order valence-electron chi connectivity index (χ3n) is 2.98. The molecule has 1 aromatic heterocycles. The fourth-order valence-corrected chi connectivity index (χ4v) is 2.18. The van der Waals surface area contributed by atoms with Gasteiger partial charge in [0.1, 0.15) is 5.75 Å². The predicted octanol–water partition coefficient (Wildman–Crippen LogP) is 1.50. The molecule has 0 amide bonds. The molecule has 2 aromatic rings. The number of hydrogen-bond donors (Lipinski definition) is 1. The summed E-state index contributed by atoms with van der Waals surface area (Å²) in [6.07, 6.45) is 0.686. The molecule has 20 heavy (non-hydrogen) atoms. The van der Waals surface area contributed by atoms with E-state index in [0.717, 1.165) is 23.7 Å². The summed E-state index contributed by atoms with van der Waals surface area (Å²) >= 11 is 0. The third kappa shape index (κ3) is 3.54. The Morgan fingerprint density at radius 1 is 1.30 bits per heavy atom. The van der Waals surface area contributed by atoms with Crippen LogP contribution < -0.4 is 10.1 Å². The molecule has 6 nitrogen and oxygen atoms in total. The summed E-state index contributed by atoms with van der Waals surface area (Å²) in [6.45, 7) is 5.59. The van der Waals surface area contributed by atoms with Gasteiger partial charge in [-0.05, 0) is 24.7 Å². The van der Waals surface area contributed by atoms with Crippen LogP contribution in [0.15, 0.2) is 24.3 Å². The normalized spacial score (nSPS) is 12.3. The number of likely N-dealkylation sites (N-methyl/N-ethyl adjacent to an activating group) is 1. The molecule has 0 aliphatic heterocycles. The molecule has 6 heteroatoms. The summed E-state index contributed by atoms with van der Waals surface area (Å²) < 4.78 is 5.71. The van der Waals surface area contributed by atoms with Gasteiger partial charge in [0, 0.05) is 18.0 Å². The highest BCUT2D eigenvalue weighted by Gasteiger charge is 2.18. The van der Waals surface area contributed by atoms with Crippen molar-refractivity contribution in [3.63, 3.8) is 0 Å². The highest BCUT2D eigenvalue weighted by Crippen LogP contribution is 2.26. The van der Waals surface area contributed by atoms with Gasteiger partial charge in [-0.1, -0.05) is 25.1 Å². The van der Waals surface area contributed by atoms with Gasteiger partial charge in [-0.15, -0.1) is 10.2 Å². The molecule has 108 valence electrons. The van der Waals surface area contributed by atoms with Crippen molar-refractivity contribution in [2.45, 2.75) is 26.3 Å². The van der Waals surface area contributed by atoms with Crippen LogP contribution in [0.1, 0.15) is 31.3 Å². The second kappa shape index (κ2) is 7.00. The number of tetrazole rings is 1. The van der Waals surface area contributed by atoms with E-state index in [0.29, 0.717) is 13.0 Å². The van der Waals surface area contributed by atoms with Gasteiger partial charge in [-0.2, -0.15) is 4.80 Å². The first kappa shape index (κ1) is 14.5. The number of nitrogens with zero attached hydrogens (tertiary/aromatic N) is 4. The lowest BCUT2D eigenvalue weighted by Gasteiger charge is -2.19. The fraction of sp³-hybridized carbons (Fsp3) is 0.500. The van der Waals surface area contributed by atoms with Gasteiger partial charge in [0.05, 0.1) is 13.7 Å². The van der Waals surface area contributed by atoms with Gasteiger partial charge in [-0.3, -0.25) is 0 Å². The Kier molecular flexibility index (Phi) is 5.06. The molecule has 0 radical (unpaired) electrons. The van der Waals surface area contributed by atoms with Crippen molar-refractivity contribution < 1.29 is 4.74 Å². The maximum Gasteiger partial charge on any atom is 0.176 e. The highest BCUT2D eigenvalue weighted by molar-refractivity contribution is 5.36. The second-order valence-electron chi connectivity index (χ2n) is 4.48. The van der Waals surface area contributed by atoms with Crippen molar-refractivity contribution in [2.75, 3.05) is 13.2 Å². The van der Waals surface area contributed by atoms with Crippen molar-refractivity contribution in [1.82, 2.24) is 25.5 Å². The number of aryl methyl sites for hydroxylation is 1. The van der Waals surface area contributed by atoms with Crippen LogP contribution in [-0.4, -0.2) is 33.4 Å². The molecule has 1 aromatic carbocycles. The number of nitrogens with one attached hydrogen (secondary N) is 1. The van der Waals surface area contributed by atoms with Crippen LogP contribution in [0, 0.1) is 0 Å². The van der Waals surface area contributed by atoms with Crippen molar-refractivity contribution in [3.8, 4) is 5.75 Å². The van der Waals surface area contributed by atoms with Crippen LogP contribution in [0.2, 0.25) is 0 Å². The summed E-state index contributed by atoms with van der Waals surface area (Å²) in [6, 6.07) is 8.19. The van der Waals surface area contributed by atoms with Gasteiger partial charge < -0.3 is 10.1 Å². The molecule has 1 unspecified atom stereocenters. The Morgan fingerprint density at radius 2 is 2.10 bits per heavy atom. The van der Waals surface area contributed by atoms with Gasteiger partial charge in [0.15, 0.2) is 5.82 Å². The van der Waals surface area contributed by atoms with Crippen LogP contribution in [0.25, 0.3) is 0 Å². The summed E-state index contributed by atoms with van der Waals surface area (Å²) in [5, 5.41) is 15.6. The summed E-state index contributed by atoms with van der Waals surface area (Å²) in [4.78, 5) is 1.48. The van der Waals surface area contributed by atoms with E-state index in [9.17, 15) is 0 Å². The molecule has 0 aliphatic rings. The zero-order valence-electron chi connectivity index (χ0n) is 12.2. The summed E-state index contributed by atoms with van der Waals surface area (Å²) in [5.41, 5.74) is 1.13. The van der Waals surface area contributed by atoms with Crippen molar-refractivity contribution in [3.05, 3.63) is 35.7 Å². The first-order valence-electron chi connectivity index (χ1n) is 6.92. The van der Waals surface area contributed by atoms with Crippen LogP contribution in [0.5, 0.6) is 5.75 Å². The van der Waals surface area contributed by atoms with Gasteiger partial charge in [0.25, 0.3) is 0 Å². The minimum absolute atomic E-state index is 0.118. The maximum atomic E-state index is 5.71. The Morgan fingerprint density at radius 3 is 2.75 bits per heavy atom. The molecular formula is C14H21N5O. The summed E-state index contributed by atoms with van der Waals surface area (Å²) in [5.74, 6) is 1.63. The van der Waals surface area contributed by atoms with E-state index >= 15 is 0 Å². The van der Waals surface area contributed by atoms with Crippen molar-refractivity contribution in [2.24, 2.45) is 7.05 Å². The third-order valence-corrected chi connectivity index (χ3v) is 2.98. The van der Waals surface area contributed by atoms with Crippen molar-refractivity contribution in [1.29, 1.82) is 0 Å².